The van der Waals surface area contributed by atoms with Gasteiger partial charge in [-0.25, -0.2) is 15.0 Å². The van der Waals surface area contributed by atoms with E-state index < -0.39 is 0 Å². The van der Waals surface area contributed by atoms with Crippen LogP contribution in [-0.4, -0.2) is 28.7 Å². The zero-order valence-corrected chi connectivity index (χ0v) is 19.7. The van der Waals surface area contributed by atoms with Crippen molar-refractivity contribution in [1.29, 1.82) is 0 Å². The highest BCUT2D eigenvalue weighted by Crippen LogP contribution is 2.30. The maximum atomic E-state index is 6.02. The first kappa shape index (κ1) is 24.4. The summed E-state index contributed by atoms with van der Waals surface area (Å²) in [4.78, 5) is 13.3. The molecule has 6 heteroatoms. The summed E-state index contributed by atoms with van der Waals surface area (Å²) in [6, 6.07) is 1.94. The molecule has 0 saturated carbocycles. The number of methoxy groups -OCH3 is 1. The molecule has 0 atom stereocenters. The van der Waals surface area contributed by atoms with Crippen LogP contribution < -0.4 is 10.5 Å². The lowest BCUT2D eigenvalue weighted by molar-refractivity contribution is 0.128. The highest BCUT2D eigenvalue weighted by atomic mass is 16.5. The molecule has 0 aliphatic heterocycles. The summed E-state index contributed by atoms with van der Waals surface area (Å²) in [5.41, 5.74) is 9.22. The number of ether oxygens (including phenoxy) is 2. The molecule has 0 fully saturated rings. The van der Waals surface area contributed by atoms with E-state index >= 15 is 0 Å². The van der Waals surface area contributed by atoms with Crippen molar-refractivity contribution in [2.24, 2.45) is 11.1 Å². The van der Waals surface area contributed by atoms with E-state index in [1.165, 1.54) is 0 Å². The van der Waals surface area contributed by atoms with Gasteiger partial charge in [-0.05, 0) is 51.7 Å². The third kappa shape index (κ3) is 6.81. The van der Waals surface area contributed by atoms with Crippen molar-refractivity contribution in [2.45, 2.75) is 60.3 Å². The molecule has 0 aromatic carbocycles. The van der Waals surface area contributed by atoms with Gasteiger partial charge >= 0.3 is 0 Å². The molecule has 2 aromatic rings. The van der Waals surface area contributed by atoms with Gasteiger partial charge in [-0.2, -0.15) is 0 Å². The standard InChI is InChI=1S/C25H36N4O2/c1-7-9-10-12-22(30-6)25(4,5)17-31-23-13-18(3)20(16-27-23)19-14-28-24(29-15-19)21(26)11-8-2/h11-16H,7-10,17,26H2,1-6H3/b21-11+,22-12-. The fraction of sp³-hybridized carbons (Fsp3) is 0.480. The average Bonchev–Trinajstić information content (AvgIpc) is 2.75. The van der Waals surface area contributed by atoms with Crippen molar-refractivity contribution in [3.8, 4) is 17.0 Å². The van der Waals surface area contributed by atoms with Crippen LogP contribution in [0.4, 0.5) is 0 Å². The molecule has 6 nitrogen and oxygen atoms in total. The quantitative estimate of drug-likeness (QED) is 0.369. The van der Waals surface area contributed by atoms with Crippen molar-refractivity contribution < 1.29 is 9.47 Å². The van der Waals surface area contributed by atoms with Gasteiger partial charge < -0.3 is 15.2 Å². The SMILES string of the molecule is CC/C=C(/N)c1ncc(-c2cnc(OCC(C)(C)/C(=C/CCCC)OC)cc2C)cn1. The fourth-order valence-electron chi connectivity index (χ4n) is 3.24. The molecule has 0 spiro atoms. The maximum Gasteiger partial charge on any atom is 0.213 e. The lowest BCUT2D eigenvalue weighted by atomic mass is 9.91. The summed E-state index contributed by atoms with van der Waals surface area (Å²) in [5.74, 6) is 2.08. The third-order valence-corrected chi connectivity index (χ3v) is 5.09. The summed E-state index contributed by atoms with van der Waals surface area (Å²) in [6.45, 7) is 11.0. The number of rotatable bonds is 11. The summed E-state index contributed by atoms with van der Waals surface area (Å²) < 4.78 is 11.6. The maximum absolute atomic E-state index is 6.02. The largest absolute Gasteiger partial charge is 0.501 e. The molecule has 168 valence electrons. The Morgan fingerprint density at radius 3 is 2.39 bits per heavy atom. The molecule has 2 heterocycles. The van der Waals surface area contributed by atoms with E-state index in [4.69, 9.17) is 15.2 Å². The first-order chi connectivity index (χ1) is 14.8. The van der Waals surface area contributed by atoms with Crippen LogP contribution >= 0.6 is 0 Å². The minimum Gasteiger partial charge on any atom is -0.501 e. The molecule has 0 saturated heterocycles. The second-order valence-corrected chi connectivity index (χ2v) is 8.29. The second kappa shape index (κ2) is 11.5. The van der Waals surface area contributed by atoms with Crippen LogP contribution in [0.2, 0.25) is 0 Å². The van der Waals surface area contributed by atoms with E-state index in [1.807, 2.05) is 26.0 Å². The molecular formula is C25H36N4O2. The Bertz CT molecular complexity index is 902. The molecule has 0 bridgehead atoms. The Labute approximate surface area is 186 Å². The topological polar surface area (TPSA) is 83.2 Å². The van der Waals surface area contributed by atoms with E-state index in [1.54, 1.807) is 25.7 Å². The van der Waals surface area contributed by atoms with E-state index in [2.05, 4.69) is 41.8 Å². The number of aromatic nitrogens is 3. The normalized spacial score (nSPS) is 12.7. The smallest absolute Gasteiger partial charge is 0.213 e. The molecule has 31 heavy (non-hydrogen) atoms. The molecule has 0 aliphatic carbocycles. The van der Waals surface area contributed by atoms with Gasteiger partial charge in [0.2, 0.25) is 5.88 Å². The average molecular weight is 425 g/mol. The number of unbranched alkanes of at least 4 members (excludes halogenated alkanes) is 2. The van der Waals surface area contributed by atoms with Gasteiger partial charge in [-0.1, -0.05) is 26.3 Å². The van der Waals surface area contributed by atoms with Crippen molar-refractivity contribution in [2.75, 3.05) is 13.7 Å². The fourth-order valence-corrected chi connectivity index (χ4v) is 3.24. The third-order valence-electron chi connectivity index (χ3n) is 5.09. The van der Waals surface area contributed by atoms with Crippen molar-refractivity contribution in [1.82, 2.24) is 15.0 Å². The van der Waals surface area contributed by atoms with Crippen LogP contribution in [0.5, 0.6) is 5.88 Å². The predicted molar refractivity (Wildman–Crippen MR) is 126 cm³/mol. The minimum atomic E-state index is -0.244. The van der Waals surface area contributed by atoms with Gasteiger partial charge in [0.15, 0.2) is 5.82 Å². The number of hydrogen-bond acceptors (Lipinski definition) is 6. The Balaban J connectivity index is 2.10. The first-order valence-corrected chi connectivity index (χ1v) is 10.9. The number of hydrogen-bond donors (Lipinski definition) is 1. The molecule has 0 amide bonds. The molecule has 2 rings (SSSR count). The van der Waals surface area contributed by atoms with Crippen LogP contribution in [0.15, 0.2) is 42.6 Å². The summed E-state index contributed by atoms with van der Waals surface area (Å²) in [5, 5.41) is 0. The van der Waals surface area contributed by atoms with Crippen LogP contribution in [0, 0.1) is 12.3 Å². The zero-order chi connectivity index (χ0) is 22.9. The molecule has 2 N–H and O–H groups in total. The van der Waals surface area contributed by atoms with Gasteiger partial charge in [0.25, 0.3) is 0 Å². The Kier molecular flexibility index (Phi) is 9.03. The summed E-state index contributed by atoms with van der Waals surface area (Å²) in [6.07, 6.45) is 13.6. The van der Waals surface area contributed by atoms with E-state index in [-0.39, 0.29) is 5.41 Å². The van der Waals surface area contributed by atoms with E-state index in [9.17, 15) is 0 Å². The molecule has 0 aliphatic rings. The summed E-state index contributed by atoms with van der Waals surface area (Å²) in [7, 11) is 1.72. The van der Waals surface area contributed by atoms with Gasteiger partial charge in [0.05, 0.1) is 18.2 Å². The lowest BCUT2D eigenvalue weighted by Crippen LogP contribution is -2.25. The molecular weight excluding hydrogens is 388 g/mol. The monoisotopic (exact) mass is 424 g/mol. The van der Waals surface area contributed by atoms with Crippen LogP contribution in [0.1, 0.15) is 64.8 Å². The van der Waals surface area contributed by atoms with Gasteiger partial charge in [-0.3, -0.25) is 0 Å². The predicted octanol–water partition coefficient (Wildman–Crippen LogP) is 5.68. The Morgan fingerprint density at radius 1 is 1.10 bits per heavy atom. The Hall–Kier alpha value is -2.89. The zero-order valence-electron chi connectivity index (χ0n) is 19.7. The second-order valence-electron chi connectivity index (χ2n) is 8.29. The number of allylic oxidation sites excluding steroid dienone is 2. The minimum absolute atomic E-state index is 0.244. The van der Waals surface area contributed by atoms with Gasteiger partial charge in [-0.15, -0.1) is 0 Å². The van der Waals surface area contributed by atoms with Crippen LogP contribution in [-0.2, 0) is 4.74 Å². The Morgan fingerprint density at radius 2 is 1.81 bits per heavy atom. The van der Waals surface area contributed by atoms with Crippen molar-refractivity contribution in [3.63, 3.8) is 0 Å². The molecule has 0 radical (unpaired) electrons. The van der Waals surface area contributed by atoms with E-state index in [0.29, 0.717) is 24.0 Å². The van der Waals surface area contributed by atoms with E-state index in [0.717, 1.165) is 48.1 Å². The van der Waals surface area contributed by atoms with Crippen molar-refractivity contribution >= 4 is 5.70 Å². The van der Waals surface area contributed by atoms with Crippen LogP contribution in [0.25, 0.3) is 16.8 Å². The van der Waals surface area contributed by atoms with Crippen LogP contribution in [0.3, 0.4) is 0 Å². The highest BCUT2D eigenvalue weighted by molar-refractivity contribution is 5.66. The number of aryl methyl sites for hydroxylation is 1. The first-order valence-electron chi connectivity index (χ1n) is 10.9. The lowest BCUT2D eigenvalue weighted by Gasteiger charge is -2.27. The van der Waals surface area contributed by atoms with Gasteiger partial charge in [0.1, 0.15) is 12.4 Å². The number of nitrogens with two attached hydrogens (primary N) is 1. The number of nitrogens with zero attached hydrogens (tertiary/aromatic N) is 3. The summed E-state index contributed by atoms with van der Waals surface area (Å²) >= 11 is 0. The van der Waals surface area contributed by atoms with Gasteiger partial charge in [0, 0.05) is 35.8 Å². The molecule has 0 unspecified atom stereocenters. The van der Waals surface area contributed by atoms with Crippen molar-refractivity contribution in [3.05, 3.63) is 54.0 Å². The number of pyridine rings is 1. The highest BCUT2D eigenvalue weighted by Gasteiger charge is 2.26. The molecule has 2 aromatic heterocycles.